The SMILES string of the molecule is CCN1C(=O)C(CC(=O)Nc2cccc(OC)c2)S/C1=N/S(=O)(=O)c1ccc(C)cc1. The molecule has 1 N–H and O–H groups in total. The number of amides is 2. The second kappa shape index (κ2) is 9.52. The van der Waals surface area contributed by atoms with Crippen LogP contribution in [0.3, 0.4) is 0 Å². The summed E-state index contributed by atoms with van der Waals surface area (Å²) >= 11 is 0.984. The van der Waals surface area contributed by atoms with E-state index in [0.717, 1.165) is 17.3 Å². The van der Waals surface area contributed by atoms with Crippen molar-refractivity contribution in [2.24, 2.45) is 4.40 Å². The number of thioether (sulfide) groups is 1. The molecule has 0 spiro atoms. The molecule has 0 saturated carbocycles. The summed E-state index contributed by atoms with van der Waals surface area (Å²) in [6, 6.07) is 13.2. The van der Waals surface area contributed by atoms with Crippen molar-refractivity contribution in [3.05, 3.63) is 54.1 Å². The summed E-state index contributed by atoms with van der Waals surface area (Å²) in [5.74, 6) is -0.110. The Kier molecular flexibility index (Phi) is 7.01. The van der Waals surface area contributed by atoms with Gasteiger partial charge in [0.1, 0.15) is 11.0 Å². The molecule has 1 atom stereocenters. The highest BCUT2D eigenvalue weighted by atomic mass is 32.2. The molecule has 2 aromatic rings. The predicted octanol–water partition coefficient (Wildman–Crippen LogP) is 3.04. The van der Waals surface area contributed by atoms with Gasteiger partial charge in [0.05, 0.1) is 12.0 Å². The van der Waals surface area contributed by atoms with E-state index in [1.54, 1.807) is 43.3 Å². The van der Waals surface area contributed by atoms with Crippen LogP contribution in [-0.4, -0.2) is 49.2 Å². The highest BCUT2D eigenvalue weighted by Gasteiger charge is 2.39. The summed E-state index contributed by atoms with van der Waals surface area (Å²) in [5, 5.41) is 2.05. The highest BCUT2D eigenvalue weighted by Crippen LogP contribution is 2.31. The molecule has 1 heterocycles. The molecule has 1 saturated heterocycles. The lowest BCUT2D eigenvalue weighted by molar-refractivity contribution is -0.128. The zero-order chi connectivity index (χ0) is 22.6. The number of ether oxygens (including phenoxy) is 1. The van der Waals surface area contributed by atoms with Gasteiger partial charge in [-0.25, -0.2) is 0 Å². The summed E-state index contributed by atoms with van der Waals surface area (Å²) in [4.78, 5) is 26.5. The first-order valence-electron chi connectivity index (χ1n) is 9.57. The normalized spacial score (nSPS) is 17.8. The van der Waals surface area contributed by atoms with Gasteiger partial charge in [0.2, 0.25) is 11.8 Å². The average Bonchev–Trinajstić information content (AvgIpc) is 3.01. The van der Waals surface area contributed by atoms with Crippen molar-refractivity contribution in [1.82, 2.24) is 4.90 Å². The van der Waals surface area contributed by atoms with Gasteiger partial charge in [-0.3, -0.25) is 14.5 Å². The number of sulfonamides is 1. The van der Waals surface area contributed by atoms with Crippen LogP contribution in [-0.2, 0) is 19.6 Å². The Morgan fingerprint density at radius 3 is 2.58 bits per heavy atom. The number of aryl methyl sites for hydroxylation is 1. The van der Waals surface area contributed by atoms with Crippen LogP contribution in [0, 0.1) is 6.92 Å². The van der Waals surface area contributed by atoms with E-state index in [1.165, 1.54) is 24.1 Å². The van der Waals surface area contributed by atoms with Gasteiger partial charge < -0.3 is 10.1 Å². The molecule has 1 aliphatic rings. The Hall–Kier alpha value is -2.85. The fourth-order valence-electron chi connectivity index (χ4n) is 2.95. The maximum Gasteiger partial charge on any atom is 0.284 e. The number of carbonyl (C=O) groups is 2. The maximum absolute atomic E-state index is 12.7. The summed E-state index contributed by atoms with van der Waals surface area (Å²) in [6.45, 7) is 3.83. The first-order valence-corrected chi connectivity index (χ1v) is 11.9. The van der Waals surface area contributed by atoms with Gasteiger partial charge in [-0.15, -0.1) is 4.40 Å². The smallest absolute Gasteiger partial charge is 0.284 e. The molecule has 0 bridgehead atoms. The van der Waals surface area contributed by atoms with Gasteiger partial charge in [-0.1, -0.05) is 35.5 Å². The number of nitrogens with one attached hydrogen (secondary N) is 1. The summed E-state index contributed by atoms with van der Waals surface area (Å²) < 4.78 is 34.3. The molecule has 1 fully saturated rings. The average molecular weight is 462 g/mol. The van der Waals surface area contributed by atoms with Crippen LogP contribution < -0.4 is 10.1 Å². The predicted molar refractivity (Wildman–Crippen MR) is 121 cm³/mol. The van der Waals surface area contributed by atoms with Crippen LogP contribution in [0.15, 0.2) is 57.8 Å². The van der Waals surface area contributed by atoms with E-state index >= 15 is 0 Å². The van der Waals surface area contributed by atoms with E-state index in [9.17, 15) is 18.0 Å². The Labute approximate surface area is 185 Å². The van der Waals surface area contributed by atoms with Gasteiger partial charge in [-0.2, -0.15) is 8.42 Å². The minimum atomic E-state index is -3.98. The van der Waals surface area contributed by atoms with Crippen LogP contribution in [0.2, 0.25) is 0 Å². The van der Waals surface area contributed by atoms with E-state index in [0.29, 0.717) is 11.4 Å². The number of rotatable bonds is 7. The molecule has 0 aromatic heterocycles. The lowest BCUT2D eigenvalue weighted by Crippen LogP contribution is -2.33. The molecule has 10 heteroatoms. The largest absolute Gasteiger partial charge is 0.497 e. The second-order valence-electron chi connectivity index (χ2n) is 6.84. The number of hydrogen-bond donors (Lipinski definition) is 1. The highest BCUT2D eigenvalue weighted by molar-refractivity contribution is 8.16. The zero-order valence-corrected chi connectivity index (χ0v) is 19.0. The lowest BCUT2D eigenvalue weighted by Gasteiger charge is -2.13. The Bertz CT molecular complexity index is 1110. The third-order valence-electron chi connectivity index (χ3n) is 4.58. The van der Waals surface area contributed by atoms with E-state index < -0.39 is 15.3 Å². The monoisotopic (exact) mass is 461 g/mol. The third kappa shape index (κ3) is 5.45. The van der Waals surface area contributed by atoms with Crippen LogP contribution in [0.1, 0.15) is 18.9 Å². The van der Waals surface area contributed by atoms with Crippen LogP contribution in [0.25, 0.3) is 0 Å². The molecular formula is C21H23N3O5S2. The minimum Gasteiger partial charge on any atom is -0.497 e. The van der Waals surface area contributed by atoms with Crippen molar-refractivity contribution in [2.45, 2.75) is 30.4 Å². The van der Waals surface area contributed by atoms with E-state index in [4.69, 9.17) is 4.74 Å². The van der Waals surface area contributed by atoms with Crippen molar-refractivity contribution in [1.29, 1.82) is 0 Å². The lowest BCUT2D eigenvalue weighted by atomic mass is 10.2. The Balaban J connectivity index is 1.75. The molecule has 2 amide bonds. The maximum atomic E-state index is 12.7. The van der Waals surface area contributed by atoms with Gasteiger partial charge in [-0.05, 0) is 38.1 Å². The van der Waals surface area contributed by atoms with Gasteiger partial charge in [0, 0.05) is 24.7 Å². The fourth-order valence-corrected chi connectivity index (χ4v) is 5.37. The Morgan fingerprint density at radius 2 is 1.94 bits per heavy atom. The van der Waals surface area contributed by atoms with E-state index in [2.05, 4.69) is 9.71 Å². The van der Waals surface area contributed by atoms with E-state index in [-0.39, 0.29) is 34.8 Å². The fraction of sp³-hybridized carbons (Fsp3) is 0.286. The number of carbonyl (C=O) groups excluding carboxylic acids is 2. The summed E-state index contributed by atoms with van der Waals surface area (Å²) in [5.41, 5.74) is 1.47. The molecule has 3 rings (SSSR count). The number of amidine groups is 1. The standard InChI is InChI=1S/C21H23N3O5S2/c1-4-24-20(26)18(13-19(25)22-15-6-5-7-16(12-15)29-3)30-21(24)23-31(27,28)17-10-8-14(2)9-11-17/h5-12,18H,4,13H2,1-3H3,(H,22,25)/b23-21+. The molecule has 0 radical (unpaired) electrons. The van der Waals surface area contributed by atoms with E-state index in [1.807, 2.05) is 6.92 Å². The topological polar surface area (TPSA) is 105 Å². The number of benzene rings is 2. The molecule has 2 aromatic carbocycles. The molecule has 164 valence electrons. The van der Waals surface area contributed by atoms with Crippen LogP contribution in [0.4, 0.5) is 5.69 Å². The third-order valence-corrected chi connectivity index (χ3v) is 7.15. The number of hydrogen-bond acceptors (Lipinski definition) is 6. The van der Waals surface area contributed by atoms with Crippen molar-refractivity contribution in [3.8, 4) is 5.75 Å². The minimum absolute atomic E-state index is 0.0499. The molecule has 1 unspecified atom stereocenters. The second-order valence-corrected chi connectivity index (χ2v) is 9.61. The van der Waals surface area contributed by atoms with Gasteiger partial charge in [0.15, 0.2) is 5.17 Å². The van der Waals surface area contributed by atoms with Crippen molar-refractivity contribution in [3.63, 3.8) is 0 Å². The van der Waals surface area contributed by atoms with Gasteiger partial charge >= 0.3 is 0 Å². The first-order chi connectivity index (χ1) is 14.7. The molecular weight excluding hydrogens is 438 g/mol. The van der Waals surface area contributed by atoms with Crippen molar-refractivity contribution in [2.75, 3.05) is 19.0 Å². The molecule has 1 aliphatic heterocycles. The van der Waals surface area contributed by atoms with Crippen LogP contribution >= 0.6 is 11.8 Å². The Morgan fingerprint density at radius 1 is 1.23 bits per heavy atom. The number of anilines is 1. The molecule has 31 heavy (non-hydrogen) atoms. The number of methoxy groups -OCH3 is 1. The number of nitrogens with zero attached hydrogens (tertiary/aromatic N) is 2. The molecule has 8 nitrogen and oxygen atoms in total. The first kappa shape index (κ1) is 22.8. The van der Waals surface area contributed by atoms with Crippen molar-refractivity contribution < 1.29 is 22.7 Å². The van der Waals surface area contributed by atoms with Crippen LogP contribution in [0.5, 0.6) is 5.75 Å². The zero-order valence-electron chi connectivity index (χ0n) is 17.4. The van der Waals surface area contributed by atoms with Gasteiger partial charge in [0.25, 0.3) is 10.0 Å². The summed E-state index contributed by atoms with van der Waals surface area (Å²) in [6.07, 6.45) is -0.110. The van der Waals surface area contributed by atoms with Crippen molar-refractivity contribution >= 4 is 44.5 Å². The summed E-state index contributed by atoms with van der Waals surface area (Å²) in [7, 11) is -2.45. The molecule has 0 aliphatic carbocycles. The quantitative estimate of drug-likeness (QED) is 0.680.